The summed E-state index contributed by atoms with van der Waals surface area (Å²) < 4.78 is 96.0. The van der Waals surface area contributed by atoms with Crippen LogP contribution in [0.2, 0.25) is 0 Å². The highest BCUT2D eigenvalue weighted by molar-refractivity contribution is 8.01. The van der Waals surface area contributed by atoms with Crippen molar-refractivity contribution in [3.63, 3.8) is 0 Å². The molecule has 2 aromatic rings. The van der Waals surface area contributed by atoms with Crippen molar-refractivity contribution in [1.29, 1.82) is 0 Å². The standard InChI is InChI=1S/C19H20F2N2OS.2C2HF3O2/c20-17-5-4-14(7-18(17)21)9-23-12-19(13-23)8-16(11-25-19)24-10-15-3-1-2-6-22-15;2*3-2(4,5)1(6)7/h1-7,16H,8-13H2;2*(H,6,7). The first-order valence-electron chi connectivity index (χ1n) is 10.9. The number of hydrogen-bond donors (Lipinski definition) is 2. The molecular weight excluding hydrogens is 568 g/mol. The van der Waals surface area contributed by atoms with E-state index in [1.165, 1.54) is 12.1 Å². The molecule has 0 aliphatic carbocycles. The highest BCUT2D eigenvalue weighted by Crippen LogP contribution is 2.46. The zero-order valence-corrected chi connectivity index (χ0v) is 20.6. The van der Waals surface area contributed by atoms with Crippen LogP contribution in [0, 0.1) is 11.6 Å². The van der Waals surface area contributed by atoms with E-state index in [0.717, 1.165) is 36.5 Å². The van der Waals surface area contributed by atoms with Gasteiger partial charge in [0.15, 0.2) is 11.6 Å². The number of ether oxygens (including phenoxy) is 1. The largest absolute Gasteiger partial charge is 0.490 e. The summed E-state index contributed by atoms with van der Waals surface area (Å²) >= 11 is 1.97. The third-order valence-electron chi connectivity index (χ3n) is 5.27. The minimum Gasteiger partial charge on any atom is -0.475 e. The molecular formula is C23H22F8N2O5S. The topological polar surface area (TPSA) is 100.0 Å². The van der Waals surface area contributed by atoms with E-state index in [1.54, 1.807) is 12.3 Å². The molecule has 0 radical (unpaired) electrons. The second-order valence-electron chi connectivity index (χ2n) is 8.45. The van der Waals surface area contributed by atoms with Crippen LogP contribution in [0.3, 0.4) is 0 Å². The highest BCUT2D eigenvalue weighted by atomic mass is 32.2. The van der Waals surface area contributed by atoms with E-state index >= 15 is 0 Å². The Kier molecular flexibility index (Phi) is 11.1. The van der Waals surface area contributed by atoms with Gasteiger partial charge in [-0.2, -0.15) is 26.3 Å². The predicted octanol–water partition coefficient (Wildman–Crippen LogP) is 4.90. The van der Waals surface area contributed by atoms with Gasteiger partial charge in [0.05, 0.1) is 18.4 Å². The summed E-state index contributed by atoms with van der Waals surface area (Å²) in [5.74, 6) is -6.07. The molecule has 1 spiro atoms. The van der Waals surface area contributed by atoms with E-state index in [9.17, 15) is 35.1 Å². The number of hydrogen-bond acceptors (Lipinski definition) is 6. The average molecular weight is 590 g/mol. The Morgan fingerprint density at radius 1 is 1.00 bits per heavy atom. The SMILES string of the molecule is Fc1ccc(CN2CC3(CC(OCc4ccccn4)CS3)C2)cc1F.O=C(O)C(F)(F)F.O=C(O)C(F)(F)F. The molecule has 2 aliphatic rings. The summed E-state index contributed by atoms with van der Waals surface area (Å²) in [5, 5.41) is 14.2. The Hall–Kier alpha value is -2.98. The summed E-state index contributed by atoms with van der Waals surface area (Å²) in [6.45, 7) is 3.17. The lowest BCUT2D eigenvalue weighted by Gasteiger charge is -2.47. The number of likely N-dealkylation sites (tertiary alicyclic amines) is 1. The van der Waals surface area contributed by atoms with Crippen molar-refractivity contribution in [2.45, 2.75) is 42.8 Å². The number of aliphatic carboxylic acids is 2. The third-order valence-corrected chi connectivity index (χ3v) is 6.84. The molecule has 39 heavy (non-hydrogen) atoms. The van der Waals surface area contributed by atoms with Gasteiger partial charge in [0.2, 0.25) is 0 Å². The number of rotatable bonds is 5. The molecule has 16 heteroatoms. The summed E-state index contributed by atoms with van der Waals surface area (Å²) in [6, 6.07) is 10.0. The number of alkyl halides is 6. The first-order valence-corrected chi connectivity index (χ1v) is 11.9. The fourth-order valence-electron chi connectivity index (χ4n) is 3.59. The molecule has 1 atom stereocenters. The predicted molar refractivity (Wildman–Crippen MR) is 122 cm³/mol. The maximum Gasteiger partial charge on any atom is 0.490 e. The minimum absolute atomic E-state index is 0.257. The Bertz CT molecular complexity index is 1090. The molecule has 4 rings (SSSR count). The van der Waals surface area contributed by atoms with Crippen LogP contribution in [0.5, 0.6) is 0 Å². The lowest BCUT2D eigenvalue weighted by Crippen LogP contribution is -2.58. The van der Waals surface area contributed by atoms with Crippen molar-refractivity contribution in [2.24, 2.45) is 0 Å². The first-order chi connectivity index (χ1) is 18.0. The molecule has 0 bridgehead atoms. The summed E-state index contributed by atoms with van der Waals surface area (Å²) in [5.41, 5.74) is 1.78. The van der Waals surface area contributed by atoms with E-state index in [0.29, 0.717) is 13.2 Å². The lowest BCUT2D eigenvalue weighted by molar-refractivity contribution is -0.193. The highest BCUT2D eigenvalue weighted by Gasteiger charge is 2.49. The van der Waals surface area contributed by atoms with Crippen molar-refractivity contribution in [3.8, 4) is 0 Å². The van der Waals surface area contributed by atoms with Crippen LogP contribution >= 0.6 is 11.8 Å². The van der Waals surface area contributed by atoms with Gasteiger partial charge >= 0.3 is 24.3 Å². The molecule has 2 N–H and O–H groups in total. The maximum atomic E-state index is 13.3. The Balaban J connectivity index is 0.000000317. The van der Waals surface area contributed by atoms with Crippen molar-refractivity contribution in [3.05, 3.63) is 65.5 Å². The van der Waals surface area contributed by atoms with Crippen LogP contribution in [-0.2, 0) is 27.5 Å². The molecule has 3 heterocycles. The molecule has 2 fully saturated rings. The van der Waals surface area contributed by atoms with Crippen molar-refractivity contribution >= 4 is 23.7 Å². The van der Waals surface area contributed by atoms with E-state index in [4.69, 9.17) is 24.5 Å². The molecule has 2 aliphatic heterocycles. The number of halogens is 8. The molecule has 0 amide bonds. The first kappa shape index (κ1) is 32.2. The molecule has 1 aromatic carbocycles. The zero-order valence-electron chi connectivity index (χ0n) is 19.8. The number of benzene rings is 1. The fraction of sp³-hybridized carbons (Fsp3) is 0.435. The molecule has 2 saturated heterocycles. The van der Waals surface area contributed by atoms with Gasteiger partial charge in [-0.25, -0.2) is 18.4 Å². The summed E-state index contributed by atoms with van der Waals surface area (Å²) in [6.07, 6.45) is -7.08. The maximum absolute atomic E-state index is 13.3. The number of carboxylic acids is 2. The van der Waals surface area contributed by atoms with Gasteiger partial charge in [0, 0.05) is 36.3 Å². The van der Waals surface area contributed by atoms with Crippen LogP contribution in [0.25, 0.3) is 0 Å². The van der Waals surface area contributed by atoms with Gasteiger partial charge < -0.3 is 14.9 Å². The second kappa shape index (κ2) is 13.4. The van der Waals surface area contributed by atoms with Gasteiger partial charge in [-0.1, -0.05) is 12.1 Å². The van der Waals surface area contributed by atoms with Gasteiger partial charge in [-0.15, -0.1) is 11.8 Å². The third kappa shape index (κ3) is 10.6. The summed E-state index contributed by atoms with van der Waals surface area (Å²) in [4.78, 5) is 24.4. The quantitative estimate of drug-likeness (QED) is 0.475. The minimum atomic E-state index is -5.08. The fourth-order valence-corrected chi connectivity index (χ4v) is 5.20. The second-order valence-corrected chi connectivity index (χ2v) is 9.94. The zero-order chi connectivity index (χ0) is 29.4. The molecule has 7 nitrogen and oxygen atoms in total. The molecule has 1 unspecified atom stereocenters. The monoisotopic (exact) mass is 590 g/mol. The van der Waals surface area contributed by atoms with E-state index in [2.05, 4.69) is 9.88 Å². The number of pyridine rings is 1. The number of nitrogens with zero attached hydrogens (tertiary/aromatic N) is 2. The van der Waals surface area contributed by atoms with E-state index in [1.807, 2.05) is 30.0 Å². The number of carboxylic acid groups (broad SMARTS) is 2. The van der Waals surface area contributed by atoms with Crippen LogP contribution in [0.4, 0.5) is 35.1 Å². The van der Waals surface area contributed by atoms with Crippen LogP contribution < -0.4 is 0 Å². The Labute approximate surface area is 220 Å². The number of carbonyl (C=O) groups is 2. The molecule has 216 valence electrons. The molecule has 0 saturated carbocycles. The Morgan fingerprint density at radius 3 is 2.08 bits per heavy atom. The van der Waals surface area contributed by atoms with Crippen LogP contribution in [-0.4, -0.2) is 74.1 Å². The Morgan fingerprint density at radius 2 is 1.59 bits per heavy atom. The van der Waals surface area contributed by atoms with Crippen LogP contribution in [0.15, 0.2) is 42.6 Å². The molecule has 1 aromatic heterocycles. The van der Waals surface area contributed by atoms with Crippen molar-refractivity contribution < 1.29 is 59.7 Å². The number of thioether (sulfide) groups is 1. The lowest BCUT2D eigenvalue weighted by atomic mass is 9.92. The summed E-state index contributed by atoms with van der Waals surface area (Å²) in [7, 11) is 0. The normalized spacial score (nSPS) is 18.3. The smallest absolute Gasteiger partial charge is 0.475 e. The van der Waals surface area contributed by atoms with Gasteiger partial charge in [0.1, 0.15) is 0 Å². The average Bonchev–Trinajstić information content (AvgIpc) is 3.25. The van der Waals surface area contributed by atoms with Gasteiger partial charge in [0.25, 0.3) is 0 Å². The van der Waals surface area contributed by atoms with Gasteiger partial charge in [-0.05, 0) is 36.2 Å². The van der Waals surface area contributed by atoms with E-state index < -0.39 is 35.9 Å². The van der Waals surface area contributed by atoms with E-state index in [-0.39, 0.29) is 10.9 Å². The van der Waals surface area contributed by atoms with Gasteiger partial charge in [-0.3, -0.25) is 9.88 Å². The van der Waals surface area contributed by atoms with Crippen molar-refractivity contribution in [1.82, 2.24) is 9.88 Å². The number of aromatic nitrogens is 1. The van der Waals surface area contributed by atoms with Crippen molar-refractivity contribution in [2.75, 3.05) is 18.8 Å². The van der Waals surface area contributed by atoms with Crippen LogP contribution in [0.1, 0.15) is 17.7 Å².